The highest BCUT2D eigenvalue weighted by molar-refractivity contribution is 5.79. The van der Waals surface area contributed by atoms with Crippen molar-refractivity contribution >= 4 is 18.1 Å². The molecule has 2 rings (SSSR count). The fraction of sp³-hybridized carbons (Fsp3) is 0.389. The van der Waals surface area contributed by atoms with Crippen LogP contribution in [0, 0.1) is 0 Å². The molecule has 1 aliphatic heterocycles. The number of carboxylic acid groups (broad SMARTS) is 1. The van der Waals surface area contributed by atoms with Gasteiger partial charge in [-0.1, -0.05) is 12.2 Å². The summed E-state index contributed by atoms with van der Waals surface area (Å²) in [7, 11) is 0. The van der Waals surface area contributed by atoms with Crippen molar-refractivity contribution in [3.63, 3.8) is 0 Å². The van der Waals surface area contributed by atoms with Crippen LogP contribution in [0.2, 0.25) is 0 Å². The van der Waals surface area contributed by atoms with Crippen molar-refractivity contribution in [3.05, 3.63) is 49.0 Å². The average Bonchev–Trinajstić information content (AvgIpc) is 3.15. The maximum atomic E-state index is 11.9. The van der Waals surface area contributed by atoms with Gasteiger partial charge in [0, 0.05) is 12.8 Å². The Kier molecular flexibility index (Phi) is 6.12. The average molecular weight is 330 g/mol. The second-order valence-corrected chi connectivity index (χ2v) is 5.68. The van der Waals surface area contributed by atoms with E-state index in [-0.39, 0.29) is 24.4 Å². The monoisotopic (exact) mass is 330 g/mol. The number of carbonyl (C=O) groups excluding carboxylic acids is 1. The van der Waals surface area contributed by atoms with Crippen molar-refractivity contribution < 1.29 is 19.1 Å². The summed E-state index contributed by atoms with van der Waals surface area (Å²) in [6.45, 7) is 7.84. The molecule has 1 N–H and O–H groups in total. The minimum atomic E-state index is -0.857. The summed E-state index contributed by atoms with van der Waals surface area (Å²) in [5, 5.41) is 8.70. The number of carboxylic acids is 1. The zero-order chi connectivity index (χ0) is 17.5. The zero-order valence-corrected chi connectivity index (χ0v) is 13.6. The Labute approximate surface area is 141 Å². The molecule has 0 spiro atoms. The van der Waals surface area contributed by atoms with Crippen LogP contribution >= 0.6 is 0 Å². The first-order valence-electron chi connectivity index (χ1n) is 7.91. The minimum absolute atomic E-state index is 0.0391. The molecule has 2 heterocycles. The van der Waals surface area contributed by atoms with Crippen molar-refractivity contribution in [2.24, 2.45) is 4.99 Å². The van der Waals surface area contributed by atoms with Crippen LogP contribution in [0.4, 0.5) is 0 Å². The molecular weight excluding hydrogens is 308 g/mol. The SMILES string of the molecule is C=CC(CCC(=O)O)N=Cc1ccc(CN2C(=O)CCC2C=C)o1. The van der Waals surface area contributed by atoms with E-state index in [1.807, 2.05) is 6.07 Å². The number of rotatable bonds is 9. The fourth-order valence-electron chi connectivity index (χ4n) is 2.62. The second-order valence-electron chi connectivity index (χ2n) is 5.68. The lowest BCUT2D eigenvalue weighted by atomic mass is 10.1. The van der Waals surface area contributed by atoms with Crippen LogP contribution in [0.3, 0.4) is 0 Å². The molecule has 1 aliphatic rings. The third kappa shape index (κ3) is 4.68. The summed E-state index contributed by atoms with van der Waals surface area (Å²) in [5.41, 5.74) is 0. The Morgan fingerprint density at radius 1 is 1.50 bits per heavy atom. The summed E-state index contributed by atoms with van der Waals surface area (Å²) < 4.78 is 5.68. The van der Waals surface area contributed by atoms with Crippen LogP contribution in [0.25, 0.3) is 0 Å². The first kappa shape index (κ1) is 17.7. The Balaban J connectivity index is 1.96. The molecular formula is C18H22N2O4. The largest absolute Gasteiger partial charge is 0.481 e. The Hall–Kier alpha value is -2.63. The molecule has 1 fully saturated rings. The van der Waals surface area contributed by atoms with Crippen molar-refractivity contribution in [2.75, 3.05) is 0 Å². The predicted molar refractivity (Wildman–Crippen MR) is 90.9 cm³/mol. The standard InChI is InChI=1S/C18H22N2O4/c1-3-13(5-10-18(22)23)19-11-15-7-8-16(24-15)12-20-14(4-2)6-9-17(20)21/h3-4,7-8,11,13-14H,1-2,5-6,9-10,12H2,(H,22,23). The fourth-order valence-corrected chi connectivity index (χ4v) is 2.62. The van der Waals surface area contributed by atoms with E-state index in [2.05, 4.69) is 18.2 Å². The number of carbonyl (C=O) groups is 2. The first-order chi connectivity index (χ1) is 11.5. The van der Waals surface area contributed by atoms with Crippen LogP contribution in [0.1, 0.15) is 37.2 Å². The molecule has 6 heteroatoms. The number of furan rings is 1. The van der Waals surface area contributed by atoms with E-state index in [9.17, 15) is 9.59 Å². The molecule has 0 saturated carbocycles. The van der Waals surface area contributed by atoms with Crippen molar-refractivity contribution in [1.82, 2.24) is 4.90 Å². The van der Waals surface area contributed by atoms with Gasteiger partial charge in [-0.05, 0) is 25.0 Å². The van der Waals surface area contributed by atoms with Gasteiger partial charge in [0.2, 0.25) is 5.91 Å². The summed E-state index contributed by atoms with van der Waals surface area (Å²) in [4.78, 5) is 28.5. The number of nitrogens with zero attached hydrogens (tertiary/aromatic N) is 2. The predicted octanol–water partition coefficient (Wildman–Crippen LogP) is 2.79. The van der Waals surface area contributed by atoms with Gasteiger partial charge < -0.3 is 14.4 Å². The summed E-state index contributed by atoms with van der Waals surface area (Å²) in [6, 6.07) is 3.38. The lowest BCUT2D eigenvalue weighted by molar-refractivity contribution is -0.137. The highest BCUT2D eigenvalue weighted by Gasteiger charge is 2.29. The van der Waals surface area contributed by atoms with Gasteiger partial charge in [0.25, 0.3) is 0 Å². The van der Waals surface area contributed by atoms with Gasteiger partial charge in [-0.25, -0.2) is 0 Å². The molecule has 0 radical (unpaired) electrons. The molecule has 24 heavy (non-hydrogen) atoms. The summed E-state index contributed by atoms with van der Waals surface area (Å²) in [6.07, 6.45) is 6.73. The van der Waals surface area contributed by atoms with Crippen molar-refractivity contribution in [1.29, 1.82) is 0 Å². The maximum Gasteiger partial charge on any atom is 0.303 e. The number of hydrogen-bond acceptors (Lipinski definition) is 4. The highest BCUT2D eigenvalue weighted by Crippen LogP contribution is 2.22. The van der Waals surface area contributed by atoms with Crippen LogP contribution < -0.4 is 0 Å². The third-order valence-electron chi connectivity index (χ3n) is 3.97. The van der Waals surface area contributed by atoms with E-state index in [1.165, 1.54) is 0 Å². The number of aliphatic carboxylic acids is 1. The molecule has 1 saturated heterocycles. The third-order valence-corrected chi connectivity index (χ3v) is 3.97. The first-order valence-corrected chi connectivity index (χ1v) is 7.91. The number of likely N-dealkylation sites (tertiary alicyclic amines) is 1. The van der Waals surface area contributed by atoms with Gasteiger partial charge in [0.05, 0.1) is 24.8 Å². The van der Waals surface area contributed by atoms with Crippen molar-refractivity contribution in [2.45, 2.75) is 44.3 Å². The molecule has 128 valence electrons. The molecule has 0 aliphatic carbocycles. The molecule has 1 amide bonds. The number of amides is 1. The molecule has 1 aromatic rings. The van der Waals surface area contributed by atoms with Crippen LogP contribution in [-0.2, 0) is 16.1 Å². The summed E-state index contributed by atoms with van der Waals surface area (Å²) >= 11 is 0. The van der Waals surface area contributed by atoms with Crippen LogP contribution in [-0.4, -0.2) is 40.2 Å². The number of aliphatic imine (C=N–C) groups is 1. The Bertz CT molecular complexity index is 647. The van der Waals surface area contributed by atoms with E-state index in [4.69, 9.17) is 9.52 Å². The zero-order valence-electron chi connectivity index (χ0n) is 13.6. The molecule has 2 unspecified atom stereocenters. The molecule has 1 aromatic heterocycles. The van der Waals surface area contributed by atoms with E-state index < -0.39 is 5.97 Å². The van der Waals surface area contributed by atoms with Crippen LogP contribution in [0.5, 0.6) is 0 Å². The van der Waals surface area contributed by atoms with Gasteiger partial charge >= 0.3 is 5.97 Å². The van der Waals surface area contributed by atoms with Gasteiger partial charge in [-0.15, -0.1) is 13.2 Å². The smallest absolute Gasteiger partial charge is 0.303 e. The Morgan fingerprint density at radius 2 is 2.29 bits per heavy atom. The normalized spacial score (nSPS) is 18.9. The lowest BCUT2D eigenvalue weighted by Gasteiger charge is -2.20. The van der Waals surface area contributed by atoms with Crippen molar-refractivity contribution in [3.8, 4) is 0 Å². The van der Waals surface area contributed by atoms with E-state index in [0.717, 1.165) is 6.42 Å². The molecule has 6 nitrogen and oxygen atoms in total. The number of hydrogen-bond donors (Lipinski definition) is 1. The van der Waals surface area contributed by atoms with E-state index >= 15 is 0 Å². The summed E-state index contributed by atoms with van der Waals surface area (Å²) in [5.74, 6) is 0.490. The Morgan fingerprint density at radius 3 is 2.96 bits per heavy atom. The molecule has 0 aromatic carbocycles. The van der Waals surface area contributed by atoms with Gasteiger partial charge in [0.1, 0.15) is 11.5 Å². The molecule has 2 atom stereocenters. The topological polar surface area (TPSA) is 83.1 Å². The highest BCUT2D eigenvalue weighted by atomic mass is 16.4. The molecule has 0 bridgehead atoms. The lowest BCUT2D eigenvalue weighted by Crippen LogP contribution is -2.30. The van der Waals surface area contributed by atoms with Gasteiger partial charge in [0.15, 0.2) is 0 Å². The second kappa shape index (κ2) is 8.29. The van der Waals surface area contributed by atoms with Gasteiger partial charge in [-0.2, -0.15) is 0 Å². The van der Waals surface area contributed by atoms with E-state index in [1.54, 1.807) is 29.3 Å². The van der Waals surface area contributed by atoms with Crippen LogP contribution in [0.15, 0.2) is 46.9 Å². The maximum absolute atomic E-state index is 11.9. The quantitative estimate of drug-likeness (QED) is 0.557. The van der Waals surface area contributed by atoms with E-state index in [0.29, 0.717) is 30.9 Å². The van der Waals surface area contributed by atoms with Gasteiger partial charge in [-0.3, -0.25) is 14.6 Å². The minimum Gasteiger partial charge on any atom is -0.481 e.